The van der Waals surface area contributed by atoms with E-state index >= 15 is 0 Å². The molecule has 1 aromatic heterocycles. The Morgan fingerprint density at radius 2 is 1.93 bits per heavy atom. The van der Waals surface area contributed by atoms with E-state index in [9.17, 15) is 0 Å². The van der Waals surface area contributed by atoms with E-state index in [2.05, 4.69) is 15.3 Å². The highest BCUT2D eigenvalue weighted by Crippen LogP contribution is 2.20. The predicted molar refractivity (Wildman–Crippen MR) is 58.2 cm³/mol. The van der Waals surface area contributed by atoms with Crippen LogP contribution in [0.25, 0.3) is 0 Å². The van der Waals surface area contributed by atoms with E-state index in [0.717, 1.165) is 17.7 Å². The van der Waals surface area contributed by atoms with Gasteiger partial charge in [-0.15, -0.1) is 0 Å². The summed E-state index contributed by atoms with van der Waals surface area (Å²) >= 11 is 0. The molecule has 0 amide bonds. The monoisotopic (exact) mass is 193 g/mol. The van der Waals surface area contributed by atoms with Gasteiger partial charge in [0.2, 0.25) is 0 Å². The first-order valence-electron chi connectivity index (χ1n) is 4.34. The van der Waals surface area contributed by atoms with E-state index < -0.39 is 0 Å². The summed E-state index contributed by atoms with van der Waals surface area (Å²) in [6.45, 7) is 3.77. The number of aryl methyl sites for hydroxylation is 1. The fraction of sp³-hybridized carbons (Fsp3) is 0.444. The van der Waals surface area contributed by atoms with Crippen LogP contribution in [0.2, 0.25) is 0 Å². The average Bonchev–Trinajstić information content (AvgIpc) is 2.10. The van der Waals surface area contributed by atoms with Gasteiger partial charge in [0.15, 0.2) is 0 Å². The topological polar surface area (TPSA) is 64.9 Å². The summed E-state index contributed by atoms with van der Waals surface area (Å²) in [6.07, 6.45) is 1.12. The van der Waals surface area contributed by atoms with Gasteiger partial charge in [0.1, 0.15) is 17.5 Å². The van der Waals surface area contributed by atoms with Gasteiger partial charge in [-0.2, -0.15) is 0 Å². The molecule has 5 heteroatoms. The number of nitrogens with zero attached hydrogens (tertiary/aromatic N) is 3. The Bertz CT molecular complexity index is 345. The normalized spacial score (nSPS) is 9.71. The molecule has 0 aromatic carbocycles. The highest BCUT2D eigenvalue weighted by Gasteiger charge is 2.09. The van der Waals surface area contributed by atoms with Gasteiger partial charge in [0, 0.05) is 19.7 Å². The Hall–Kier alpha value is -1.65. The zero-order valence-corrected chi connectivity index (χ0v) is 8.92. The molecule has 14 heavy (non-hydrogen) atoms. The average molecular weight is 193 g/mol. The lowest BCUT2D eigenvalue weighted by Crippen LogP contribution is -2.15. The van der Waals surface area contributed by atoms with E-state index in [-0.39, 0.29) is 0 Å². The van der Waals surface area contributed by atoms with Crippen LogP contribution in [0, 0.1) is 19.3 Å². The van der Waals surface area contributed by atoms with Crippen LogP contribution in [0.15, 0.2) is 0 Å². The van der Waals surface area contributed by atoms with Gasteiger partial charge in [-0.25, -0.2) is 9.97 Å². The van der Waals surface area contributed by atoms with E-state index in [4.69, 9.17) is 5.41 Å². The molecule has 0 aliphatic rings. The van der Waals surface area contributed by atoms with Crippen molar-refractivity contribution in [1.82, 2.24) is 9.97 Å². The lowest BCUT2D eigenvalue weighted by Gasteiger charge is -2.16. The Balaban J connectivity index is 3.24. The third kappa shape index (κ3) is 1.99. The van der Waals surface area contributed by atoms with Crippen molar-refractivity contribution in [3.05, 3.63) is 11.4 Å². The van der Waals surface area contributed by atoms with Gasteiger partial charge in [-0.05, 0) is 13.8 Å². The maximum absolute atomic E-state index is 6.97. The summed E-state index contributed by atoms with van der Waals surface area (Å²) in [5.41, 5.74) is 0.948. The molecule has 1 heterocycles. The summed E-state index contributed by atoms with van der Waals surface area (Å²) in [6, 6.07) is 0. The summed E-state index contributed by atoms with van der Waals surface area (Å²) in [5.74, 6) is 2.27. The van der Waals surface area contributed by atoms with Crippen molar-refractivity contribution < 1.29 is 0 Å². The van der Waals surface area contributed by atoms with Gasteiger partial charge in [-0.3, -0.25) is 5.41 Å². The zero-order valence-electron chi connectivity index (χ0n) is 8.92. The predicted octanol–water partition coefficient (Wildman–Crippen LogP) is 1.18. The van der Waals surface area contributed by atoms with Crippen molar-refractivity contribution >= 4 is 18.0 Å². The van der Waals surface area contributed by atoms with Crippen LogP contribution in [0.5, 0.6) is 0 Å². The summed E-state index contributed by atoms with van der Waals surface area (Å²) in [4.78, 5) is 10.4. The number of nitrogens with one attached hydrogen (secondary N) is 2. The Kier molecular flexibility index (Phi) is 3.01. The molecular weight excluding hydrogens is 178 g/mol. The van der Waals surface area contributed by atoms with Gasteiger partial charge in [-0.1, -0.05) is 0 Å². The number of hydrogen-bond donors (Lipinski definition) is 2. The first kappa shape index (κ1) is 10.4. The van der Waals surface area contributed by atoms with Crippen LogP contribution < -0.4 is 10.2 Å². The molecular formula is C9H15N5. The summed E-state index contributed by atoms with van der Waals surface area (Å²) in [7, 11) is 3.87. The van der Waals surface area contributed by atoms with E-state index in [1.807, 2.05) is 32.8 Å². The molecule has 0 unspecified atom stereocenters. The van der Waals surface area contributed by atoms with Crippen molar-refractivity contribution in [3.8, 4) is 0 Å². The minimum atomic E-state index is 0.691. The quantitative estimate of drug-likeness (QED) is 0.559. The molecule has 0 saturated heterocycles. The smallest absolute Gasteiger partial charge is 0.139 e. The second kappa shape index (κ2) is 4.04. The minimum absolute atomic E-state index is 0.691. The molecule has 0 radical (unpaired) electrons. The van der Waals surface area contributed by atoms with Gasteiger partial charge < -0.3 is 10.2 Å². The van der Waals surface area contributed by atoms with Crippen molar-refractivity contribution in [2.75, 3.05) is 24.3 Å². The van der Waals surface area contributed by atoms with Gasteiger partial charge in [0.25, 0.3) is 0 Å². The third-order valence-electron chi connectivity index (χ3n) is 1.86. The van der Waals surface area contributed by atoms with E-state index in [0.29, 0.717) is 11.6 Å². The summed E-state index contributed by atoms with van der Waals surface area (Å²) in [5, 5.41) is 9.75. The van der Waals surface area contributed by atoms with Crippen molar-refractivity contribution in [2.45, 2.75) is 13.8 Å². The number of rotatable bonds is 3. The molecule has 2 N–H and O–H groups in total. The molecule has 0 atom stereocenters. The lowest BCUT2D eigenvalue weighted by molar-refractivity contribution is 0.974. The minimum Gasteiger partial charge on any atom is -0.362 e. The maximum Gasteiger partial charge on any atom is 0.139 e. The highest BCUT2D eigenvalue weighted by atomic mass is 15.2. The number of anilines is 2. The fourth-order valence-electron chi connectivity index (χ4n) is 1.26. The van der Waals surface area contributed by atoms with Crippen molar-refractivity contribution in [1.29, 1.82) is 5.41 Å². The Morgan fingerprint density at radius 1 is 1.29 bits per heavy atom. The molecule has 1 aromatic rings. The largest absolute Gasteiger partial charge is 0.362 e. The zero-order chi connectivity index (χ0) is 10.7. The molecule has 0 bridgehead atoms. The summed E-state index contributed by atoms with van der Waals surface area (Å²) < 4.78 is 0. The first-order valence-corrected chi connectivity index (χ1v) is 4.34. The molecule has 0 aliphatic carbocycles. The first-order chi connectivity index (χ1) is 6.56. The lowest BCUT2D eigenvalue weighted by atomic mass is 10.3. The fourth-order valence-corrected chi connectivity index (χ4v) is 1.26. The molecule has 76 valence electrons. The van der Waals surface area contributed by atoms with Crippen LogP contribution in [0.4, 0.5) is 11.6 Å². The molecule has 0 aliphatic heterocycles. The molecule has 1 rings (SSSR count). The second-order valence-electron chi connectivity index (χ2n) is 3.25. The van der Waals surface area contributed by atoms with Gasteiger partial charge in [0.05, 0.1) is 6.34 Å². The van der Waals surface area contributed by atoms with Crippen molar-refractivity contribution in [3.63, 3.8) is 0 Å². The van der Waals surface area contributed by atoms with Crippen LogP contribution in [-0.2, 0) is 0 Å². The highest BCUT2D eigenvalue weighted by molar-refractivity contribution is 5.75. The van der Waals surface area contributed by atoms with E-state index in [1.165, 1.54) is 0 Å². The van der Waals surface area contributed by atoms with Crippen LogP contribution in [0.1, 0.15) is 11.4 Å². The van der Waals surface area contributed by atoms with Crippen LogP contribution in [-0.4, -0.2) is 30.4 Å². The molecule has 5 nitrogen and oxygen atoms in total. The Labute approximate surface area is 83.7 Å². The second-order valence-corrected chi connectivity index (χ2v) is 3.25. The number of hydrogen-bond acceptors (Lipinski definition) is 4. The van der Waals surface area contributed by atoms with Crippen LogP contribution in [0.3, 0.4) is 0 Å². The molecule has 0 spiro atoms. The van der Waals surface area contributed by atoms with Crippen molar-refractivity contribution in [2.24, 2.45) is 0 Å². The molecule has 0 saturated carbocycles. The van der Waals surface area contributed by atoms with Gasteiger partial charge >= 0.3 is 0 Å². The standard InChI is InChI=1S/C9H15N5/c1-6-8(11-5-10)12-7(2)13-9(6)14(3)4/h5H,1-4H3,(H2,10,11,12,13). The van der Waals surface area contributed by atoms with E-state index in [1.54, 1.807) is 0 Å². The molecule has 0 fully saturated rings. The number of aromatic nitrogens is 2. The maximum atomic E-state index is 6.97. The van der Waals surface area contributed by atoms with Crippen LogP contribution >= 0.6 is 0 Å². The SMILES string of the molecule is Cc1nc(NC=N)c(C)c(N(C)C)n1. The Morgan fingerprint density at radius 3 is 2.43 bits per heavy atom. The third-order valence-corrected chi connectivity index (χ3v) is 1.86.